The standard InChI is InChI=1S/C71H58N2/c1-3-18-49(19-4-1)56-22-7-8-23-57(56)58-24-9-10-25-59(58)60-26-12-15-31-66(60)72(68-33-17-30-65-70(68)63-28-11-14-29-64(63)71(65)46-51-35-34-47-42-52(51)44-53(71)43-47)55-39-36-48(37-40-55)50-38-41-62-61-27-13-16-32-67(61)73(69(62)45-50)54-20-5-2-6-21-54/h1-13,15-28,30-33,36-41,45,47,51-53H,14,29,34-35,42-44,46H2. The van der Waals surface area contributed by atoms with Gasteiger partial charge in [-0.3, -0.25) is 0 Å². The molecule has 0 N–H and O–H groups in total. The van der Waals surface area contributed by atoms with Gasteiger partial charge in [-0.1, -0.05) is 194 Å². The topological polar surface area (TPSA) is 8.17 Å². The number of allylic oxidation sites excluding steroid dienone is 4. The molecule has 73 heavy (non-hydrogen) atoms. The van der Waals surface area contributed by atoms with E-state index in [9.17, 15) is 0 Å². The van der Waals surface area contributed by atoms with Gasteiger partial charge >= 0.3 is 0 Å². The number of fused-ring (bicyclic) bond motifs is 10. The molecule has 1 aromatic heterocycles. The molecule has 9 aromatic carbocycles. The predicted octanol–water partition coefficient (Wildman–Crippen LogP) is 19.1. The van der Waals surface area contributed by atoms with Crippen LogP contribution in [-0.2, 0) is 5.41 Å². The Morgan fingerprint density at radius 3 is 1.95 bits per heavy atom. The van der Waals surface area contributed by atoms with E-state index in [-0.39, 0.29) is 5.41 Å². The highest BCUT2D eigenvalue weighted by atomic mass is 15.1. The lowest BCUT2D eigenvalue weighted by atomic mass is 9.46. The van der Waals surface area contributed by atoms with E-state index in [1.165, 1.54) is 139 Å². The largest absolute Gasteiger partial charge is 0.309 e. The van der Waals surface area contributed by atoms with Crippen molar-refractivity contribution < 1.29 is 0 Å². The molecule has 5 unspecified atom stereocenters. The molecule has 1 heterocycles. The molecular weight excluding hydrogens is 881 g/mol. The predicted molar refractivity (Wildman–Crippen MR) is 306 cm³/mol. The van der Waals surface area contributed by atoms with Gasteiger partial charge in [0, 0.05) is 38.7 Å². The molecule has 3 fully saturated rings. The number of anilines is 3. The van der Waals surface area contributed by atoms with Crippen LogP contribution in [0.25, 0.3) is 77.6 Å². The first kappa shape index (κ1) is 42.7. The summed E-state index contributed by atoms with van der Waals surface area (Å²) >= 11 is 0. The van der Waals surface area contributed by atoms with Crippen LogP contribution in [0.15, 0.2) is 236 Å². The number of benzene rings is 9. The van der Waals surface area contributed by atoms with Crippen LogP contribution in [0.3, 0.4) is 0 Å². The third-order valence-electron chi connectivity index (χ3n) is 18.3. The molecule has 3 bridgehead atoms. The normalized spacial score (nSPS) is 21.5. The number of rotatable bonds is 8. The van der Waals surface area contributed by atoms with Crippen LogP contribution in [0, 0.1) is 23.7 Å². The van der Waals surface area contributed by atoms with E-state index in [1.807, 2.05) is 0 Å². The molecule has 0 saturated heterocycles. The quantitative estimate of drug-likeness (QED) is 0.147. The Hall–Kier alpha value is -7.94. The number of nitrogens with zero attached hydrogens (tertiary/aromatic N) is 2. The smallest absolute Gasteiger partial charge is 0.0547 e. The number of aromatic nitrogens is 1. The summed E-state index contributed by atoms with van der Waals surface area (Å²) in [5.41, 5.74) is 23.5. The fourth-order valence-electron chi connectivity index (χ4n) is 15.3. The highest BCUT2D eigenvalue weighted by Gasteiger charge is 2.58. The van der Waals surface area contributed by atoms with Gasteiger partial charge in [0.1, 0.15) is 0 Å². The zero-order valence-corrected chi connectivity index (χ0v) is 41.3. The summed E-state index contributed by atoms with van der Waals surface area (Å²) in [7, 11) is 0. The van der Waals surface area contributed by atoms with Gasteiger partial charge in [0.25, 0.3) is 0 Å². The molecule has 10 aromatic rings. The summed E-state index contributed by atoms with van der Waals surface area (Å²) in [4.78, 5) is 2.64. The zero-order chi connectivity index (χ0) is 48.0. The maximum atomic E-state index is 2.64. The van der Waals surface area contributed by atoms with Crippen LogP contribution in [0.2, 0.25) is 0 Å². The SMILES string of the molecule is C1=CC2=C(CC1)C1(CC3CCC4CC3CC1C4)c1cccc(N(c3ccc(-c4ccc5c6ccccc6n(-c6ccccc6)c5c4)cc3)c3ccccc3-c3ccccc3-c3ccccc3-c3ccccc3)c12. The Kier molecular flexibility index (Phi) is 10.0. The molecular formula is C71H58N2. The van der Waals surface area contributed by atoms with Crippen molar-refractivity contribution >= 4 is 44.4 Å². The van der Waals surface area contributed by atoms with E-state index < -0.39 is 0 Å². The van der Waals surface area contributed by atoms with Crippen LogP contribution in [0.5, 0.6) is 0 Å². The second-order valence-corrected chi connectivity index (χ2v) is 21.9. The van der Waals surface area contributed by atoms with Gasteiger partial charge in [0.15, 0.2) is 0 Å². The van der Waals surface area contributed by atoms with Gasteiger partial charge in [-0.25, -0.2) is 0 Å². The van der Waals surface area contributed by atoms with Crippen molar-refractivity contribution in [2.45, 2.75) is 56.8 Å². The molecule has 15 rings (SSSR count). The lowest BCUT2D eigenvalue weighted by Gasteiger charge is -2.58. The first-order valence-electron chi connectivity index (χ1n) is 27.1. The molecule has 3 saturated carbocycles. The fraction of sp³-hybridized carbons (Fsp3) is 0.183. The van der Waals surface area contributed by atoms with Crippen LogP contribution < -0.4 is 4.90 Å². The first-order valence-corrected chi connectivity index (χ1v) is 27.1. The molecule has 5 aliphatic rings. The summed E-state index contributed by atoms with van der Waals surface area (Å²) in [6, 6.07) is 81.7. The minimum Gasteiger partial charge on any atom is -0.309 e. The monoisotopic (exact) mass is 938 g/mol. The second kappa shape index (κ2) is 17.1. The summed E-state index contributed by atoms with van der Waals surface area (Å²) in [6.07, 6.45) is 15.8. The number of hydrogen-bond donors (Lipinski definition) is 0. The number of hydrogen-bond acceptors (Lipinski definition) is 1. The maximum Gasteiger partial charge on any atom is 0.0547 e. The van der Waals surface area contributed by atoms with Crippen molar-refractivity contribution in [1.82, 2.24) is 4.57 Å². The summed E-state index contributed by atoms with van der Waals surface area (Å²) in [5.74, 6) is 3.35. The molecule has 0 aliphatic heterocycles. The van der Waals surface area contributed by atoms with Gasteiger partial charge in [0.2, 0.25) is 0 Å². The molecule has 2 heteroatoms. The lowest BCUT2D eigenvalue weighted by Crippen LogP contribution is -2.51. The first-order chi connectivity index (χ1) is 36.2. The minimum atomic E-state index is 0.120. The average molecular weight is 939 g/mol. The van der Waals surface area contributed by atoms with Gasteiger partial charge < -0.3 is 9.47 Å². The van der Waals surface area contributed by atoms with Crippen LogP contribution in [0.1, 0.15) is 62.5 Å². The molecule has 0 amide bonds. The summed E-state index contributed by atoms with van der Waals surface area (Å²) in [5, 5.41) is 2.54. The Labute approximate surface area is 429 Å². The van der Waals surface area contributed by atoms with E-state index in [2.05, 4.69) is 240 Å². The Balaban J connectivity index is 0.927. The third kappa shape index (κ3) is 6.69. The van der Waals surface area contributed by atoms with E-state index in [1.54, 1.807) is 11.1 Å². The van der Waals surface area contributed by atoms with Gasteiger partial charge in [-0.2, -0.15) is 0 Å². The molecule has 5 aliphatic carbocycles. The molecule has 1 spiro atoms. The zero-order valence-electron chi connectivity index (χ0n) is 41.3. The van der Waals surface area contributed by atoms with Gasteiger partial charge in [-0.15, -0.1) is 0 Å². The summed E-state index contributed by atoms with van der Waals surface area (Å²) in [6.45, 7) is 0. The van der Waals surface area contributed by atoms with E-state index in [0.717, 1.165) is 35.8 Å². The highest BCUT2D eigenvalue weighted by Crippen LogP contribution is 2.68. The van der Waals surface area contributed by atoms with Crippen LogP contribution in [0.4, 0.5) is 17.1 Å². The van der Waals surface area contributed by atoms with Crippen molar-refractivity contribution in [3.05, 3.63) is 247 Å². The molecule has 2 nitrogen and oxygen atoms in total. The van der Waals surface area contributed by atoms with E-state index >= 15 is 0 Å². The highest BCUT2D eigenvalue weighted by molar-refractivity contribution is 6.10. The van der Waals surface area contributed by atoms with Crippen molar-refractivity contribution in [1.29, 1.82) is 0 Å². The van der Waals surface area contributed by atoms with Crippen molar-refractivity contribution in [2.75, 3.05) is 4.90 Å². The lowest BCUT2D eigenvalue weighted by molar-refractivity contribution is -0.0130. The van der Waals surface area contributed by atoms with Gasteiger partial charge in [0.05, 0.1) is 22.4 Å². The van der Waals surface area contributed by atoms with Gasteiger partial charge in [-0.05, 0) is 167 Å². The van der Waals surface area contributed by atoms with Crippen molar-refractivity contribution in [3.63, 3.8) is 0 Å². The summed E-state index contributed by atoms with van der Waals surface area (Å²) < 4.78 is 2.42. The molecule has 5 atom stereocenters. The van der Waals surface area contributed by atoms with Crippen LogP contribution in [-0.4, -0.2) is 4.57 Å². The maximum absolute atomic E-state index is 2.64. The molecule has 352 valence electrons. The Bertz CT molecular complexity index is 3830. The van der Waals surface area contributed by atoms with Crippen LogP contribution >= 0.6 is 0 Å². The van der Waals surface area contributed by atoms with Crippen molar-refractivity contribution in [3.8, 4) is 50.2 Å². The Morgan fingerprint density at radius 1 is 0.466 bits per heavy atom. The fourth-order valence-corrected chi connectivity index (χ4v) is 15.3. The third-order valence-corrected chi connectivity index (χ3v) is 18.3. The number of para-hydroxylation sites is 3. The minimum absolute atomic E-state index is 0.120. The van der Waals surface area contributed by atoms with E-state index in [0.29, 0.717) is 0 Å². The average Bonchev–Trinajstić information content (AvgIpc) is 3.95. The molecule has 0 radical (unpaired) electrons. The second-order valence-electron chi connectivity index (χ2n) is 21.9. The van der Waals surface area contributed by atoms with Crippen molar-refractivity contribution in [2.24, 2.45) is 23.7 Å². The Morgan fingerprint density at radius 2 is 1.12 bits per heavy atom. The van der Waals surface area contributed by atoms with E-state index in [4.69, 9.17) is 0 Å².